The Morgan fingerprint density at radius 1 is 1.40 bits per heavy atom. The highest BCUT2D eigenvalue weighted by Crippen LogP contribution is 2.21. The third-order valence-electron chi connectivity index (χ3n) is 1.78. The minimum absolute atomic E-state index is 0.0883. The third kappa shape index (κ3) is 4.25. The van der Waals surface area contributed by atoms with Crippen molar-refractivity contribution in [3.63, 3.8) is 0 Å². The van der Waals surface area contributed by atoms with E-state index in [1.54, 1.807) is 18.2 Å². The summed E-state index contributed by atoms with van der Waals surface area (Å²) in [5.74, 6) is 0.0883. The molecule has 15 heavy (non-hydrogen) atoms. The Bertz CT molecular complexity index is 342. The Hall–Kier alpha value is -1.16. The summed E-state index contributed by atoms with van der Waals surface area (Å²) in [7, 11) is 0. The summed E-state index contributed by atoms with van der Waals surface area (Å²) >= 11 is 5.16. The van der Waals surface area contributed by atoms with E-state index in [0.717, 1.165) is 0 Å². The Kier molecular flexibility index (Phi) is 4.49. The third-order valence-corrected chi connectivity index (χ3v) is 1.97. The van der Waals surface area contributed by atoms with Gasteiger partial charge in [-0.05, 0) is 29.7 Å². The number of para-hydroxylation sites is 1. The SMILES string of the molecule is O=C(Cl)CCc1ccccc1OC(F)F. The number of ether oxygens (including phenoxy) is 1. The monoisotopic (exact) mass is 234 g/mol. The van der Waals surface area contributed by atoms with Crippen LogP contribution in [0.4, 0.5) is 8.78 Å². The molecule has 1 rings (SSSR count). The minimum atomic E-state index is -2.86. The second-order valence-corrected chi connectivity index (χ2v) is 3.26. The van der Waals surface area contributed by atoms with Crippen LogP contribution in [0.15, 0.2) is 24.3 Å². The number of hydrogen-bond donors (Lipinski definition) is 0. The molecule has 0 unspecified atom stereocenters. The predicted octanol–water partition coefficient (Wildman–Crippen LogP) is 2.99. The molecule has 0 aliphatic rings. The lowest BCUT2D eigenvalue weighted by molar-refractivity contribution is -0.111. The molecule has 2 nitrogen and oxygen atoms in total. The molecule has 1 aromatic rings. The summed E-state index contributed by atoms with van der Waals surface area (Å²) < 4.78 is 28.3. The van der Waals surface area contributed by atoms with Crippen LogP contribution in [-0.2, 0) is 11.2 Å². The van der Waals surface area contributed by atoms with Gasteiger partial charge in [-0.15, -0.1) is 0 Å². The Balaban J connectivity index is 2.72. The minimum Gasteiger partial charge on any atom is -0.435 e. The highest BCUT2D eigenvalue weighted by molar-refractivity contribution is 6.63. The van der Waals surface area contributed by atoms with Gasteiger partial charge in [0.1, 0.15) is 5.75 Å². The van der Waals surface area contributed by atoms with Crippen molar-refractivity contribution in [3.05, 3.63) is 29.8 Å². The molecule has 0 saturated carbocycles. The van der Waals surface area contributed by atoms with Crippen molar-refractivity contribution in [1.29, 1.82) is 0 Å². The zero-order valence-corrected chi connectivity index (χ0v) is 8.51. The summed E-state index contributed by atoms with van der Waals surface area (Å²) in [6.45, 7) is -2.86. The largest absolute Gasteiger partial charge is 0.435 e. The van der Waals surface area contributed by atoms with E-state index in [9.17, 15) is 13.6 Å². The summed E-state index contributed by atoms with van der Waals surface area (Å²) in [6, 6.07) is 6.33. The molecule has 0 spiro atoms. The number of hydrogen-bond acceptors (Lipinski definition) is 2. The van der Waals surface area contributed by atoms with Crippen LogP contribution in [0.3, 0.4) is 0 Å². The molecular weight excluding hydrogens is 226 g/mol. The van der Waals surface area contributed by atoms with E-state index in [1.165, 1.54) is 6.07 Å². The Labute approximate surface area is 90.8 Å². The van der Waals surface area contributed by atoms with Crippen LogP contribution in [-0.4, -0.2) is 11.9 Å². The molecule has 0 fully saturated rings. The smallest absolute Gasteiger partial charge is 0.387 e. The molecule has 1 aromatic carbocycles. The fourth-order valence-corrected chi connectivity index (χ4v) is 1.25. The van der Waals surface area contributed by atoms with Crippen molar-refractivity contribution in [3.8, 4) is 5.75 Å². The van der Waals surface area contributed by atoms with Crippen molar-refractivity contribution in [2.45, 2.75) is 19.5 Å². The first-order valence-corrected chi connectivity index (χ1v) is 4.68. The van der Waals surface area contributed by atoms with E-state index in [-0.39, 0.29) is 12.2 Å². The molecule has 0 amide bonds. The highest BCUT2D eigenvalue weighted by atomic mass is 35.5. The lowest BCUT2D eigenvalue weighted by atomic mass is 10.1. The number of carbonyl (C=O) groups excluding carboxylic acids is 1. The van der Waals surface area contributed by atoms with Crippen molar-refractivity contribution < 1.29 is 18.3 Å². The van der Waals surface area contributed by atoms with E-state index in [4.69, 9.17) is 11.6 Å². The molecule has 5 heteroatoms. The van der Waals surface area contributed by atoms with Gasteiger partial charge in [0.15, 0.2) is 0 Å². The molecule has 0 atom stereocenters. The van der Waals surface area contributed by atoms with Gasteiger partial charge in [0.2, 0.25) is 5.24 Å². The standard InChI is InChI=1S/C10H9ClF2O2/c11-9(14)6-5-7-3-1-2-4-8(7)15-10(12)13/h1-4,10H,5-6H2. The van der Waals surface area contributed by atoms with E-state index >= 15 is 0 Å². The van der Waals surface area contributed by atoms with Gasteiger partial charge >= 0.3 is 6.61 Å². The van der Waals surface area contributed by atoms with Gasteiger partial charge in [-0.1, -0.05) is 18.2 Å². The maximum Gasteiger partial charge on any atom is 0.387 e. The lowest BCUT2D eigenvalue weighted by Gasteiger charge is -2.09. The number of aryl methyl sites for hydroxylation is 1. The first kappa shape index (κ1) is 11.9. The van der Waals surface area contributed by atoms with E-state index < -0.39 is 11.9 Å². The second kappa shape index (κ2) is 5.66. The maximum atomic E-state index is 12.0. The summed E-state index contributed by atoms with van der Waals surface area (Å²) in [6.07, 6.45) is 0.399. The summed E-state index contributed by atoms with van der Waals surface area (Å²) in [5.41, 5.74) is 0.548. The van der Waals surface area contributed by atoms with Gasteiger partial charge < -0.3 is 4.74 Å². The fourth-order valence-electron chi connectivity index (χ4n) is 1.15. The topological polar surface area (TPSA) is 26.3 Å². The molecule has 0 radical (unpaired) electrons. The first-order chi connectivity index (χ1) is 7.09. The van der Waals surface area contributed by atoms with Gasteiger partial charge in [-0.25, -0.2) is 0 Å². The van der Waals surface area contributed by atoms with Crippen LogP contribution in [0.2, 0.25) is 0 Å². The Morgan fingerprint density at radius 2 is 2.07 bits per heavy atom. The highest BCUT2D eigenvalue weighted by Gasteiger charge is 2.09. The zero-order valence-electron chi connectivity index (χ0n) is 7.75. The molecule has 0 aromatic heterocycles. The normalized spacial score (nSPS) is 10.4. The van der Waals surface area contributed by atoms with Gasteiger partial charge in [-0.2, -0.15) is 8.78 Å². The predicted molar refractivity (Wildman–Crippen MR) is 52.3 cm³/mol. The number of halogens is 3. The lowest BCUT2D eigenvalue weighted by Crippen LogP contribution is -2.04. The molecule has 0 aliphatic carbocycles. The zero-order chi connectivity index (χ0) is 11.3. The second-order valence-electron chi connectivity index (χ2n) is 2.84. The maximum absolute atomic E-state index is 12.0. The quantitative estimate of drug-likeness (QED) is 0.732. The van der Waals surface area contributed by atoms with Gasteiger partial charge in [-0.3, -0.25) is 4.79 Å². The molecular formula is C10H9ClF2O2. The van der Waals surface area contributed by atoms with Crippen LogP contribution in [0.1, 0.15) is 12.0 Å². The molecule has 0 heterocycles. The Morgan fingerprint density at radius 3 is 2.67 bits per heavy atom. The van der Waals surface area contributed by atoms with Crippen molar-refractivity contribution >= 4 is 16.8 Å². The number of carbonyl (C=O) groups is 1. The van der Waals surface area contributed by atoms with Crippen molar-refractivity contribution in [2.24, 2.45) is 0 Å². The number of benzene rings is 1. The van der Waals surface area contributed by atoms with Crippen LogP contribution in [0.5, 0.6) is 5.75 Å². The fraction of sp³-hybridized carbons (Fsp3) is 0.300. The number of rotatable bonds is 5. The van der Waals surface area contributed by atoms with Crippen molar-refractivity contribution in [2.75, 3.05) is 0 Å². The molecule has 0 saturated heterocycles. The van der Waals surface area contributed by atoms with E-state index in [1.807, 2.05) is 0 Å². The average molecular weight is 235 g/mol. The van der Waals surface area contributed by atoms with Crippen molar-refractivity contribution in [1.82, 2.24) is 0 Å². The van der Waals surface area contributed by atoms with E-state index in [2.05, 4.69) is 4.74 Å². The molecule has 0 N–H and O–H groups in total. The van der Waals surface area contributed by atoms with Gasteiger partial charge in [0.25, 0.3) is 0 Å². The first-order valence-electron chi connectivity index (χ1n) is 4.30. The molecule has 0 bridgehead atoms. The van der Waals surface area contributed by atoms with Crippen LogP contribution in [0, 0.1) is 0 Å². The van der Waals surface area contributed by atoms with Crippen LogP contribution < -0.4 is 4.74 Å². The molecule has 0 aliphatic heterocycles. The summed E-state index contributed by atoms with van der Waals surface area (Å²) in [4.78, 5) is 10.5. The van der Waals surface area contributed by atoms with Gasteiger partial charge in [0.05, 0.1) is 0 Å². The van der Waals surface area contributed by atoms with Gasteiger partial charge in [0, 0.05) is 6.42 Å². The van der Waals surface area contributed by atoms with Crippen LogP contribution >= 0.6 is 11.6 Å². The number of alkyl halides is 2. The van der Waals surface area contributed by atoms with Crippen LogP contribution in [0.25, 0.3) is 0 Å². The summed E-state index contributed by atoms with van der Waals surface area (Å²) in [5, 5.41) is -0.498. The average Bonchev–Trinajstić information content (AvgIpc) is 2.15. The van der Waals surface area contributed by atoms with E-state index in [0.29, 0.717) is 12.0 Å². The molecule has 82 valence electrons.